The van der Waals surface area contributed by atoms with Crippen molar-refractivity contribution in [3.05, 3.63) is 72.5 Å². The summed E-state index contributed by atoms with van der Waals surface area (Å²) >= 11 is 0. The summed E-state index contributed by atoms with van der Waals surface area (Å²) in [5.74, 6) is 2.37. The van der Waals surface area contributed by atoms with Crippen LogP contribution >= 0.6 is 0 Å². The van der Waals surface area contributed by atoms with Gasteiger partial charge in [0.2, 0.25) is 0 Å². The fourth-order valence-corrected chi connectivity index (χ4v) is 3.06. The summed E-state index contributed by atoms with van der Waals surface area (Å²) in [6.07, 6.45) is 0. The van der Waals surface area contributed by atoms with Gasteiger partial charge in [-0.05, 0) is 34.0 Å². The molecule has 0 N–H and O–H groups in total. The summed E-state index contributed by atoms with van der Waals surface area (Å²) in [5, 5.41) is 2.50. The van der Waals surface area contributed by atoms with Crippen LogP contribution in [0.1, 0.15) is 25.5 Å². The molecule has 0 radical (unpaired) electrons. The molecule has 4 rings (SSSR count). The van der Waals surface area contributed by atoms with Crippen molar-refractivity contribution in [3.63, 3.8) is 0 Å². The summed E-state index contributed by atoms with van der Waals surface area (Å²) in [5.41, 5.74) is 3.71. The molecule has 1 nitrogen and oxygen atoms in total. The van der Waals surface area contributed by atoms with Crippen LogP contribution in [0.5, 0.6) is 0 Å². The third-order valence-corrected chi connectivity index (χ3v) is 4.20. The summed E-state index contributed by atoms with van der Waals surface area (Å²) in [6.45, 7) is 4.34. The SMILES string of the molecule is CC(C)c1cc(-c2ccccc2)c2c3ccccc3cc-2o1. The maximum atomic E-state index is 6.17. The van der Waals surface area contributed by atoms with Crippen LogP contribution in [0, 0.1) is 0 Å². The zero-order valence-corrected chi connectivity index (χ0v) is 12.8. The number of rotatable bonds is 2. The van der Waals surface area contributed by atoms with Crippen LogP contribution in [0.25, 0.3) is 33.2 Å². The van der Waals surface area contributed by atoms with Gasteiger partial charge in [-0.25, -0.2) is 0 Å². The van der Waals surface area contributed by atoms with Crippen LogP contribution in [0.15, 0.2) is 71.1 Å². The lowest BCUT2D eigenvalue weighted by molar-refractivity contribution is 0.484. The van der Waals surface area contributed by atoms with Crippen LogP contribution in [0.4, 0.5) is 0 Å². The molecule has 0 saturated carbocycles. The highest BCUT2D eigenvalue weighted by Crippen LogP contribution is 2.43. The summed E-state index contributed by atoms with van der Waals surface area (Å²) in [7, 11) is 0. The Hall–Kier alpha value is -2.54. The van der Waals surface area contributed by atoms with Crippen molar-refractivity contribution < 1.29 is 4.42 Å². The first-order valence-corrected chi connectivity index (χ1v) is 7.74. The van der Waals surface area contributed by atoms with Crippen LogP contribution in [0.2, 0.25) is 0 Å². The molecule has 1 aliphatic carbocycles. The first kappa shape index (κ1) is 13.1. The lowest BCUT2D eigenvalue weighted by Crippen LogP contribution is -1.92. The molecule has 0 spiro atoms. The van der Waals surface area contributed by atoms with Crippen molar-refractivity contribution in [3.8, 4) is 22.5 Å². The lowest BCUT2D eigenvalue weighted by Gasteiger charge is -2.14. The van der Waals surface area contributed by atoms with Crippen molar-refractivity contribution in [2.24, 2.45) is 0 Å². The third-order valence-electron chi connectivity index (χ3n) is 4.20. The monoisotopic (exact) mass is 286 g/mol. The maximum Gasteiger partial charge on any atom is 0.136 e. The minimum absolute atomic E-state index is 0.366. The van der Waals surface area contributed by atoms with Gasteiger partial charge in [0.05, 0.1) is 0 Å². The van der Waals surface area contributed by atoms with Crippen LogP contribution < -0.4 is 0 Å². The standard InChI is InChI=1S/C21H18O/c1-14(2)19-13-18(15-8-4-3-5-9-15)21-17-11-7-6-10-16(17)12-20(21)22-19/h3-14H,1-2H3. The normalized spacial score (nSPS) is 11.6. The molecule has 2 aromatic carbocycles. The molecule has 0 fully saturated rings. The average Bonchev–Trinajstić information content (AvgIpc) is 2.93. The van der Waals surface area contributed by atoms with Crippen LogP contribution in [-0.4, -0.2) is 0 Å². The van der Waals surface area contributed by atoms with E-state index < -0.39 is 0 Å². The van der Waals surface area contributed by atoms with E-state index in [2.05, 4.69) is 80.6 Å². The number of benzene rings is 2. The molecule has 1 heterocycles. The van der Waals surface area contributed by atoms with Gasteiger partial charge in [0.25, 0.3) is 0 Å². The quantitative estimate of drug-likeness (QED) is 0.420. The number of hydrogen-bond acceptors (Lipinski definition) is 1. The van der Waals surface area contributed by atoms with E-state index in [4.69, 9.17) is 4.42 Å². The Kier molecular flexibility index (Phi) is 3.00. The Morgan fingerprint density at radius 2 is 1.55 bits per heavy atom. The molecule has 0 aromatic heterocycles. The fourth-order valence-electron chi connectivity index (χ4n) is 3.06. The highest BCUT2D eigenvalue weighted by molar-refractivity contribution is 6.06. The van der Waals surface area contributed by atoms with Gasteiger partial charge < -0.3 is 4.42 Å². The second-order valence-corrected chi connectivity index (χ2v) is 6.05. The van der Waals surface area contributed by atoms with Gasteiger partial charge in [-0.15, -0.1) is 0 Å². The topological polar surface area (TPSA) is 13.1 Å². The van der Waals surface area contributed by atoms with Crippen LogP contribution in [-0.2, 0) is 0 Å². The first-order chi connectivity index (χ1) is 10.7. The molecule has 0 unspecified atom stereocenters. The van der Waals surface area contributed by atoms with E-state index in [1.54, 1.807) is 0 Å². The Morgan fingerprint density at radius 1 is 0.818 bits per heavy atom. The molecule has 2 aromatic rings. The number of fused-ring (bicyclic) bond motifs is 3. The minimum Gasteiger partial charge on any atom is -0.461 e. The molecular weight excluding hydrogens is 268 g/mol. The Balaban J connectivity index is 2.12. The van der Waals surface area contributed by atoms with Gasteiger partial charge in [0, 0.05) is 11.5 Å². The van der Waals surface area contributed by atoms with E-state index in [0.717, 1.165) is 11.5 Å². The van der Waals surface area contributed by atoms with Gasteiger partial charge in [0.15, 0.2) is 0 Å². The predicted molar refractivity (Wildman–Crippen MR) is 92.4 cm³/mol. The van der Waals surface area contributed by atoms with Gasteiger partial charge >= 0.3 is 0 Å². The number of hydrogen-bond donors (Lipinski definition) is 0. The zero-order chi connectivity index (χ0) is 15.1. The summed E-state index contributed by atoms with van der Waals surface area (Å²) in [6, 6.07) is 23.4. The first-order valence-electron chi connectivity index (χ1n) is 7.74. The molecule has 0 atom stereocenters. The van der Waals surface area contributed by atoms with E-state index in [1.165, 1.54) is 27.5 Å². The lowest BCUT2D eigenvalue weighted by atomic mass is 9.96. The molecule has 2 aliphatic rings. The molecule has 0 amide bonds. The molecule has 108 valence electrons. The van der Waals surface area contributed by atoms with Crippen molar-refractivity contribution in [2.45, 2.75) is 19.8 Å². The average molecular weight is 286 g/mol. The van der Waals surface area contributed by atoms with E-state index >= 15 is 0 Å². The van der Waals surface area contributed by atoms with Gasteiger partial charge in [-0.3, -0.25) is 0 Å². The van der Waals surface area contributed by atoms with Crippen molar-refractivity contribution in [2.75, 3.05) is 0 Å². The molecular formula is C21H18O. The van der Waals surface area contributed by atoms with Gasteiger partial charge in [-0.1, -0.05) is 68.4 Å². The minimum atomic E-state index is 0.366. The smallest absolute Gasteiger partial charge is 0.136 e. The van der Waals surface area contributed by atoms with Gasteiger partial charge in [-0.2, -0.15) is 0 Å². The molecule has 0 bridgehead atoms. The Labute approximate surface area is 130 Å². The molecule has 22 heavy (non-hydrogen) atoms. The Morgan fingerprint density at radius 3 is 2.32 bits per heavy atom. The maximum absolute atomic E-state index is 6.17. The third kappa shape index (κ3) is 2.01. The summed E-state index contributed by atoms with van der Waals surface area (Å²) < 4.78 is 6.17. The second kappa shape index (κ2) is 5.03. The predicted octanol–water partition coefficient (Wildman–Crippen LogP) is 6.33. The van der Waals surface area contributed by atoms with Crippen LogP contribution in [0.3, 0.4) is 0 Å². The fraction of sp³-hybridized carbons (Fsp3) is 0.143. The largest absolute Gasteiger partial charge is 0.461 e. The Bertz CT molecular complexity index is 900. The highest BCUT2D eigenvalue weighted by atomic mass is 16.3. The van der Waals surface area contributed by atoms with Crippen molar-refractivity contribution in [1.82, 2.24) is 0 Å². The van der Waals surface area contributed by atoms with E-state index in [0.29, 0.717) is 5.92 Å². The molecule has 1 aliphatic heterocycles. The van der Waals surface area contributed by atoms with E-state index in [1.807, 2.05) is 0 Å². The molecule has 1 heteroatoms. The van der Waals surface area contributed by atoms with E-state index in [9.17, 15) is 0 Å². The van der Waals surface area contributed by atoms with Crippen molar-refractivity contribution >= 4 is 10.8 Å². The second-order valence-electron chi connectivity index (χ2n) is 6.05. The van der Waals surface area contributed by atoms with E-state index in [-0.39, 0.29) is 0 Å². The zero-order valence-electron chi connectivity index (χ0n) is 12.8. The highest BCUT2D eigenvalue weighted by Gasteiger charge is 2.20. The summed E-state index contributed by atoms with van der Waals surface area (Å²) in [4.78, 5) is 0. The van der Waals surface area contributed by atoms with Crippen molar-refractivity contribution in [1.29, 1.82) is 0 Å². The van der Waals surface area contributed by atoms with Gasteiger partial charge in [0.1, 0.15) is 11.5 Å². The molecule has 0 saturated heterocycles.